The van der Waals surface area contributed by atoms with Crippen LogP contribution in [0.3, 0.4) is 0 Å². The van der Waals surface area contributed by atoms with Crippen LogP contribution < -0.4 is 4.90 Å². The first-order valence-corrected chi connectivity index (χ1v) is 7.66. The molecule has 3 rings (SSSR count). The van der Waals surface area contributed by atoms with E-state index in [0.717, 1.165) is 29.8 Å². The van der Waals surface area contributed by atoms with Crippen LogP contribution in [0, 0.1) is 11.3 Å². The van der Waals surface area contributed by atoms with Gasteiger partial charge < -0.3 is 4.90 Å². The van der Waals surface area contributed by atoms with E-state index in [-0.39, 0.29) is 0 Å². The molecule has 4 nitrogen and oxygen atoms in total. The predicted octanol–water partition coefficient (Wildman–Crippen LogP) is 1.68. The number of hydrogen-bond acceptors (Lipinski definition) is 4. The van der Waals surface area contributed by atoms with Crippen LogP contribution in [0.1, 0.15) is 5.56 Å². The van der Waals surface area contributed by atoms with E-state index < -0.39 is 10.8 Å². The van der Waals surface area contributed by atoms with Crippen LogP contribution >= 0.6 is 0 Å². The molecule has 2 heterocycles. The number of anilines is 1. The normalized spacial score (nSPS) is 16.5. The molecule has 0 saturated carbocycles. The van der Waals surface area contributed by atoms with Crippen molar-refractivity contribution in [2.75, 3.05) is 29.5 Å². The number of nitriles is 1. The van der Waals surface area contributed by atoms with E-state index in [1.54, 1.807) is 0 Å². The van der Waals surface area contributed by atoms with Gasteiger partial charge in [0, 0.05) is 40.8 Å². The molecule has 1 aromatic heterocycles. The van der Waals surface area contributed by atoms with Gasteiger partial charge in [0.2, 0.25) is 0 Å². The Morgan fingerprint density at radius 2 is 2.00 bits per heavy atom. The monoisotopic (exact) mass is 271 g/mol. The quantitative estimate of drug-likeness (QED) is 0.791. The topological polar surface area (TPSA) is 57.0 Å². The lowest BCUT2D eigenvalue weighted by Gasteiger charge is -2.27. The number of nitrogens with zero attached hydrogens (tertiary/aromatic N) is 3. The third-order valence-corrected chi connectivity index (χ3v) is 4.60. The van der Waals surface area contributed by atoms with Crippen LogP contribution in [0.25, 0.3) is 10.9 Å². The zero-order valence-corrected chi connectivity index (χ0v) is 11.2. The van der Waals surface area contributed by atoms with E-state index in [0.29, 0.717) is 17.1 Å². The number of benzene rings is 1. The van der Waals surface area contributed by atoms with Crippen molar-refractivity contribution in [3.63, 3.8) is 0 Å². The van der Waals surface area contributed by atoms with Crippen LogP contribution in [0.5, 0.6) is 0 Å². The molecule has 0 unspecified atom stereocenters. The molecule has 19 heavy (non-hydrogen) atoms. The van der Waals surface area contributed by atoms with Crippen LogP contribution in [0.2, 0.25) is 0 Å². The highest BCUT2D eigenvalue weighted by molar-refractivity contribution is 7.85. The molecule has 1 saturated heterocycles. The smallest absolute Gasteiger partial charge is 0.130 e. The third-order valence-electron chi connectivity index (χ3n) is 3.32. The molecule has 1 fully saturated rings. The number of aromatic nitrogens is 1. The second-order valence-electron chi connectivity index (χ2n) is 4.49. The summed E-state index contributed by atoms with van der Waals surface area (Å²) in [5.74, 6) is 2.17. The number of rotatable bonds is 1. The van der Waals surface area contributed by atoms with Gasteiger partial charge in [-0.3, -0.25) is 4.21 Å². The highest BCUT2D eigenvalue weighted by atomic mass is 32.2. The van der Waals surface area contributed by atoms with Gasteiger partial charge in [-0.25, -0.2) is 4.98 Å². The van der Waals surface area contributed by atoms with E-state index in [1.807, 2.05) is 30.3 Å². The molecule has 1 aliphatic heterocycles. The molecule has 1 aromatic carbocycles. The Morgan fingerprint density at radius 1 is 1.26 bits per heavy atom. The van der Waals surface area contributed by atoms with Crippen molar-refractivity contribution in [3.8, 4) is 6.07 Å². The van der Waals surface area contributed by atoms with Gasteiger partial charge in [0.15, 0.2) is 0 Å². The molecule has 0 amide bonds. The Bertz CT molecular complexity index is 683. The highest BCUT2D eigenvalue weighted by Gasteiger charge is 2.17. The average Bonchev–Trinajstić information content (AvgIpc) is 2.47. The second-order valence-corrected chi connectivity index (χ2v) is 6.19. The van der Waals surface area contributed by atoms with Gasteiger partial charge >= 0.3 is 0 Å². The van der Waals surface area contributed by atoms with Crippen molar-refractivity contribution in [2.45, 2.75) is 0 Å². The third kappa shape index (κ3) is 2.32. The van der Waals surface area contributed by atoms with E-state index >= 15 is 0 Å². The maximum absolute atomic E-state index is 11.4. The molecule has 1 aliphatic rings. The van der Waals surface area contributed by atoms with Crippen LogP contribution in [0.4, 0.5) is 5.82 Å². The first kappa shape index (κ1) is 12.1. The molecular weight excluding hydrogens is 258 g/mol. The summed E-state index contributed by atoms with van der Waals surface area (Å²) in [7, 11) is -0.703. The first-order chi connectivity index (χ1) is 9.28. The summed E-state index contributed by atoms with van der Waals surface area (Å²) in [5.41, 5.74) is 1.48. The minimum Gasteiger partial charge on any atom is -0.355 e. The van der Waals surface area contributed by atoms with E-state index in [4.69, 9.17) is 0 Å². The van der Waals surface area contributed by atoms with Crippen molar-refractivity contribution >= 4 is 27.5 Å². The summed E-state index contributed by atoms with van der Waals surface area (Å²) in [4.78, 5) is 6.71. The number of fused-ring (bicyclic) bond motifs is 1. The predicted molar refractivity (Wildman–Crippen MR) is 76.5 cm³/mol. The fraction of sp³-hybridized carbons (Fsp3) is 0.286. The van der Waals surface area contributed by atoms with E-state index in [2.05, 4.69) is 16.0 Å². The second kappa shape index (κ2) is 4.98. The highest BCUT2D eigenvalue weighted by Crippen LogP contribution is 2.23. The Labute approximate surface area is 114 Å². The van der Waals surface area contributed by atoms with Gasteiger partial charge in [-0.2, -0.15) is 5.26 Å². The van der Waals surface area contributed by atoms with Gasteiger partial charge in [-0.05, 0) is 12.1 Å². The Kier molecular flexibility index (Phi) is 3.18. The van der Waals surface area contributed by atoms with Gasteiger partial charge in [-0.15, -0.1) is 0 Å². The summed E-state index contributed by atoms with van der Waals surface area (Å²) >= 11 is 0. The van der Waals surface area contributed by atoms with Crippen molar-refractivity contribution in [1.82, 2.24) is 4.98 Å². The lowest BCUT2D eigenvalue weighted by molar-refractivity contribution is 0.672. The first-order valence-electron chi connectivity index (χ1n) is 6.18. The standard InChI is InChI=1S/C14H13N3OS/c15-10-11-9-14(17-5-7-19(18)8-6-17)16-13-4-2-1-3-12(11)13/h1-4,9H,5-8H2. The molecule has 0 aliphatic carbocycles. The molecule has 0 bridgehead atoms. The minimum atomic E-state index is -0.703. The molecule has 5 heteroatoms. The van der Waals surface area contributed by atoms with Gasteiger partial charge in [0.05, 0.1) is 17.1 Å². The fourth-order valence-corrected chi connectivity index (χ4v) is 3.34. The SMILES string of the molecule is N#Cc1cc(N2CCS(=O)CC2)nc2ccccc12. The average molecular weight is 271 g/mol. The van der Waals surface area contributed by atoms with Crippen LogP contribution in [-0.4, -0.2) is 33.8 Å². The Morgan fingerprint density at radius 3 is 2.74 bits per heavy atom. The number of pyridine rings is 1. The lowest BCUT2D eigenvalue weighted by atomic mass is 10.1. The zero-order valence-electron chi connectivity index (χ0n) is 10.4. The zero-order chi connectivity index (χ0) is 13.2. The van der Waals surface area contributed by atoms with Crippen molar-refractivity contribution in [2.24, 2.45) is 0 Å². The number of para-hydroxylation sites is 1. The number of hydrogen-bond donors (Lipinski definition) is 0. The van der Waals surface area contributed by atoms with Crippen molar-refractivity contribution in [3.05, 3.63) is 35.9 Å². The van der Waals surface area contributed by atoms with Gasteiger partial charge in [0.1, 0.15) is 5.82 Å². The molecule has 2 aromatic rings. The summed E-state index contributed by atoms with van der Waals surface area (Å²) in [5, 5.41) is 10.1. The molecule has 0 radical (unpaired) electrons. The van der Waals surface area contributed by atoms with Gasteiger partial charge in [0.25, 0.3) is 0 Å². The maximum atomic E-state index is 11.4. The Hall–Kier alpha value is -1.93. The lowest BCUT2D eigenvalue weighted by Crippen LogP contribution is -2.38. The molecule has 96 valence electrons. The molecule has 0 spiro atoms. The van der Waals surface area contributed by atoms with Crippen molar-refractivity contribution < 1.29 is 4.21 Å². The molecular formula is C14H13N3OS. The van der Waals surface area contributed by atoms with Crippen LogP contribution in [0.15, 0.2) is 30.3 Å². The van der Waals surface area contributed by atoms with Gasteiger partial charge in [-0.1, -0.05) is 18.2 Å². The summed E-state index contributed by atoms with van der Waals surface area (Å²) in [6.07, 6.45) is 0. The molecule has 0 N–H and O–H groups in total. The summed E-state index contributed by atoms with van der Waals surface area (Å²) in [6, 6.07) is 11.7. The summed E-state index contributed by atoms with van der Waals surface area (Å²) in [6.45, 7) is 1.48. The Balaban J connectivity index is 2.05. The van der Waals surface area contributed by atoms with Crippen LogP contribution in [-0.2, 0) is 10.8 Å². The minimum absolute atomic E-state index is 0.646. The molecule has 0 atom stereocenters. The fourth-order valence-electron chi connectivity index (χ4n) is 2.28. The maximum Gasteiger partial charge on any atom is 0.130 e. The largest absolute Gasteiger partial charge is 0.355 e. The van der Waals surface area contributed by atoms with E-state index in [9.17, 15) is 9.47 Å². The van der Waals surface area contributed by atoms with Crippen molar-refractivity contribution in [1.29, 1.82) is 5.26 Å². The summed E-state index contributed by atoms with van der Waals surface area (Å²) < 4.78 is 11.4. The van der Waals surface area contributed by atoms with E-state index in [1.165, 1.54) is 0 Å².